The van der Waals surface area contributed by atoms with E-state index in [-0.39, 0.29) is 0 Å². The van der Waals surface area contributed by atoms with Crippen LogP contribution in [0.4, 0.5) is 5.69 Å². The van der Waals surface area contributed by atoms with Crippen molar-refractivity contribution in [2.45, 2.75) is 13.3 Å². The van der Waals surface area contributed by atoms with Gasteiger partial charge in [0.15, 0.2) is 5.82 Å². The second kappa shape index (κ2) is 3.49. The van der Waals surface area contributed by atoms with Crippen LogP contribution in [0.25, 0.3) is 11.5 Å². The minimum absolute atomic E-state index is 0.486. The molecule has 72 valence electrons. The van der Waals surface area contributed by atoms with Gasteiger partial charge in [0.05, 0.1) is 5.56 Å². The standard InChI is InChI=1S/C10H11N3O/c1-2-9-12-10(14-13-9)7-5-3-4-6-8(7)11/h3-6H,2,11H2,1H3. The van der Waals surface area contributed by atoms with E-state index in [0.29, 0.717) is 17.4 Å². The lowest BCUT2D eigenvalue weighted by atomic mass is 10.2. The predicted octanol–water partition coefficient (Wildman–Crippen LogP) is 1.88. The zero-order valence-corrected chi connectivity index (χ0v) is 7.90. The van der Waals surface area contributed by atoms with Crippen LogP contribution < -0.4 is 5.73 Å². The molecule has 0 bridgehead atoms. The van der Waals surface area contributed by atoms with Gasteiger partial charge in [-0.2, -0.15) is 4.98 Å². The first-order valence-electron chi connectivity index (χ1n) is 4.48. The highest BCUT2D eigenvalue weighted by molar-refractivity contribution is 5.69. The van der Waals surface area contributed by atoms with E-state index in [1.54, 1.807) is 0 Å². The van der Waals surface area contributed by atoms with Gasteiger partial charge in [0, 0.05) is 12.1 Å². The molecule has 2 aromatic rings. The molecule has 0 saturated carbocycles. The topological polar surface area (TPSA) is 64.9 Å². The molecule has 0 saturated heterocycles. The molecule has 4 heteroatoms. The highest BCUT2D eigenvalue weighted by Gasteiger charge is 2.09. The third kappa shape index (κ3) is 1.46. The molecule has 2 rings (SSSR count). The number of rotatable bonds is 2. The molecule has 1 aromatic heterocycles. The van der Waals surface area contributed by atoms with Gasteiger partial charge in [0.1, 0.15) is 0 Å². The molecule has 2 N–H and O–H groups in total. The van der Waals surface area contributed by atoms with Gasteiger partial charge in [-0.15, -0.1) is 0 Å². The summed E-state index contributed by atoms with van der Waals surface area (Å²) < 4.78 is 5.08. The summed E-state index contributed by atoms with van der Waals surface area (Å²) in [5.74, 6) is 1.18. The van der Waals surface area contributed by atoms with Crippen molar-refractivity contribution in [1.29, 1.82) is 0 Å². The average molecular weight is 189 g/mol. The van der Waals surface area contributed by atoms with Crippen LogP contribution in [0, 0.1) is 0 Å². The molecule has 1 aromatic carbocycles. The van der Waals surface area contributed by atoms with Crippen molar-refractivity contribution < 1.29 is 4.52 Å². The fraction of sp³-hybridized carbons (Fsp3) is 0.200. The average Bonchev–Trinajstić information content (AvgIpc) is 2.67. The van der Waals surface area contributed by atoms with Crippen LogP contribution in [-0.2, 0) is 6.42 Å². The fourth-order valence-corrected chi connectivity index (χ4v) is 1.20. The van der Waals surface area contributed by atoms with Crippen molar-refractivity contribution >= 4 is 5.69 Å². The van der Waals surface area contributed by atoms with E-state index in [1.807, 2.05) is 31.2 Å². The van der Waals surface area contributed by atoms with E-state index in [0.717, 1.165) is 12.0 Å². The van der Waals surface area contributed by atoms with Crippen molar-refractivity contribution in [3.8, 4) is 11.5 Å². The van der Waals surface area contributed by atoms with E-state index in [4.69, 9.17) is 10.3 Å². The molecule has 0 aliphatic carbocycles. The maximum atomic E-state index is 5.78. The Morgan fingerprint density at radius 2 is 2.14 bits per heavy atom. The highest BCUT2D eigenvalue weighted by atomic mass is 16.5. The fourth-order valence-electron chi connectivity index (χ4n) is 1.20. The largest absolute Gasteiger partial charge is 0.398 e. The summed E-state index contributed by atoms with van der Waals surface area (Å²) in [6.45, 7) is 1.98. The van der Waals surface area contributed by atoms with Crippen LogP contribution in [0.15, 0.2) is 28.8 Å². The van der Waals surface area contributed by atoms with Crippen LogP contribution in [0.1, 0.15) is 12.7 Å². The summed E-state index contributed by atoms with van der Waals surface area (Å²) in [4.78, 5) is 4.20. The second-order valence-electron chi connectivity index (χ2n) is 2.96. The maximum absolute atomic E-state index is 5.78. The lowest BCUT2D eigenvalue weighted by Gasteiger charge is -1.97. The van der Waals surface area contributed by atoms with Crippen LogP contribution in [0.3, 0.4) is 0 Å². The van der Waals surface area contributed by atoms with Crippen LogP contribution in [0.2, 0.25) is 0 Å². The number of aromatic nitrogens is 2. The number of benzene rings is 1. The van der Waals surface area contributed by atoms with Gasteiger partial charge in [-0.1, -0.05) is 24.2 Å². The molecule has 0 spiro atoms. The van der Waals surface area contributed by atoms with Gasteiger partial charge in [0.2, 0.25) is 0 Å². The molecule has 0 atom stereocenters. The highest BCUT2D eigenvalue weighted by Crippen LogP contribution is 2.23. The Kier molecular flexibility index (Phi) is 2.18. The molecule has 0 amide bonds. The number of nitrogens with zero attached hydrogens (tertiary/aromatic N) is 2. The molecule has 0 aliphatic heterocycles. The second-order valence-corrected chi connectivity index (χ2v) is 2.96. The number of nitrogen functional groups attached to an aromatic ring is 1. The summed E-state index contributed by atoms with van der Waals surface area (Å²) in [7, 11) is 0. The normalized spacial score (nSPS) is 10.4. The van der Waals surface area contributed by atoms with E-state index >= 15 is 0 Å². The summed E-state index contributed by atoms with van der Waals surface area (Å²) in [5, 5.41) is 3.81. The van der Waals surface area contributed by atoms with Gasteiger partial charge in [-0.3, -0.25) is 0 Å². The van der Waals surface area contributed by atoms with E-state index in [2.05, 4.69) is 10.1 Å². The first kappa shape index (κ1) is 8.74. The zero-order chi connectivity index (χ0) is 9.97. The third-order valence-electron chi connectivity index (χ3n) is 1.98. The minimum atomic E-state index is 0.486. The number of hydrogen-bond donors (Lipinski definition) is 1. The summed E-state index contributed by atoms with van der Waals surface area (Å²) >= 11 is 0. The zero-order valence-electron chi connectivity index (χ0n) is 7.90. The summed E-state index contributed by atoms with van der Waals surface area (Å²) in [6, 6.07) is 7.44. The molecular formula is C10H11N3O. The lowest BCUT2D eigenvalue weighted by Crippen LogP contribution is -1.89. The summed E-state index contributed by atoms with van der Waals surface area (Å²) in [5.41, 5.74) is 7.22. The number of anilines is 1. The molecule has 14 heavy (non-hydrogen) atoms. The number of nitrogens with two attached hydrogens (primary N) is 1. The maximum Gasteiger partial charge on any atom is 0.260 e. The van der Waals surface area contributed by atoms with Gasteiger partial charge in [0.25, 0.3) is 5.89 Å². The van der Waals surface area contributed by atoms with Crippen molar-refractivity contribution in [2.75, 3.05) is 5.73 Å². The van der Waals surface area contributed by atoms with Crippen LogP contribution in [-0.4, -0.2) is 10.1 Å². The number of para-hydroxylation sites is 1. The Morgan fingerprint density at radius 3 is 2.79 bits per heavy atom. The first-order valence-corrected chi connectivity index (χ1v) is 4.48. The van der Waals surface area contributed by atoms with Gasteiger partial charge in [-0.25, -0.2) is 0 Å². The number of hydrogen-bond acceptors (Lipinski definition) is 4. The van der Waals surface area contributed by atoms with E-state index in [1.165, 1.54) is 0 Å². The number of aryl methyl sites for hydroxylation is 1. The predicted molar refractivity (Wildman–Crippen MR) is 53.5 cm³/mol. The first-order chi connectivity index (χ1) is 6.81. The molecule has 0 unspecified atom stereocenters. The third-order valence-corrected chi connectivity index (χ3v) is 1.98. The Hall–Kier alpha value is -1.84. The van der Waals surface area contributed by atoms with Crippen molar-refractivity contribution in [3.05, 3.63) is 30.1 Å². The molecule has 0 aliphatic rings. The van der Waals surface area contributed by atoms with E-state index < -0.39 is 0 Å². The van der Waals surface area contributed by atoms with Crippen LogP contribution >= 0.6 is 0 Å². The quantitative estimate of drug-likeness (QED) is 0.732. The molecule has 1 heterocycles. The Balaban J connectivity index is 2.44. The van der Waals surface area contributed by atoms with Crippen molar-refractivity contribution in [2.24, 2.45) is 0 Å². The van der Waals surface area contributed by atoms with Gasteiger partial charge >= 0.3 is 0 Å². The van der Waals surface area contributed by atoms with E-state index in [9.17, 15) is 0 Å². The SMILES string of the molecule is CCc1noc(-c2ccccc2N)n1. The summed E-state index contributed by atoms with van der Waals surface area (Å²) in [6.07, 6.45) is 0.760. The van der Waals surface area contributed by atoms with Gasteiger partial charge < -0.3 is 10.3 Å². The molecule has 0 fully saturated rings. The molecule has 0 radical (unpaired) electrons. The molecule has 4 nitrogen and oxygen atoms in total. The molecular weight excluding hydrogens is 178 g/mol. The monoisotopic (exact) mass is 189 g/mol. The lowest BCUT2D eigenvalue weighted by molar-refractivity contribution is 0.423. The Bertz CT molecular complexity index is 436. The smallest absolute Gasteiger partial charge is 0.260 e. The Labute approximate surface area is 81.7 Å². The van der Waals surface area contributed by atoms with Gasteiger partial charge in [-0.05, 0) is 12.1 Å². The van der Waals surface area contributed by atoms with Crippen LogP contribution in [0.5, 0.6) is 0 Å². The minimum Gasteiger partial charge on any atom is -0.398 e. The van der Waals surface area contributed by atoms with Crippen molar-refractivity contribution in [3.63, 3.8) is 0 Å². The van der Waals surface area contributed by atoms with Crippen molar-refractivity contribution in [1.82, 2.24) is 10.1 Å². The Morgan fingerprint density at radius 1 is 1.36 bits per heavy atom.